The van der Waals surface area contributed by atoms with Gasteiger partial charge >= 0.3 is 0 Å². The topological polar surface area (TPSA) is 38.5 Å². The molecule has 0 saturated heterocycles. The standard InChI is InChI=1S/C16H28N2O/c1-5-14(6-2)18(4)16(12-17)13-9-8-10-15(11-13)19-7-3/h8-11,14,16H,5-7,12,17H2,1-4H3. The lowest BCUT2D eigenvalue weighted by atomic mass is 10.0. The SMILES string of the molecule is CCOc1cccc(C(CN)N(C)C(CC)CC)c1. The van der Waals surface area contributed by atoms with Crippen molar-refractivity contribution in [3.8, 4) is 5.75 Å². The van der Waals surface area contributed by atoms with E-state index in [9.17, 15) is 0 Å². The molecule has 0 bridgehead atoms. The molecular weight excluding hydrogens is 236 g/mol. The summed E-state index contributed by atoms with van der Waals surface area (Å²) >= 11 is 0. The van der Waals surface area contributed by atoms with Crippen molar-refractivity contribution in [3.63, 3.8) is 0 Å². The zero-order valence-corrected chi connectivity index (χ0v) is 12.7. The van der Waals surface area contributed by atoms with Crippen molar-refractivity contribution in [2.75, 3.05) is 20.2 Å². The molecule has 0 spiro atoms. The van der Waals surface area contributed by atoms with E-state index in [1.807, 2.05) is 19.1 Å². The summed E-state index contributed by atoms with van der Waals surface area (Å²) < 4.78 is 5.57. The molecule has 3 nitrogen and oxygen atoms in total. The van der Waals surface area contributed by atoms with Gasteiger partial charge in [-0.2, -0.15) is 0 Å². The lowest BCUT2D eigenvalue weighted by molar-refractivity contribution is 0.167. The molecule has 1 aromatic rings. The minimum Gasteiger partial charge on any atom is -0.494 e. The van der Waals surface area contributed by atoms with Gasteiger partial charge in [0.1, 0.15) is 5.75 Å². The lowest BCUT2D eigenvalue weighted by Crippen LogP contribution is -2.38. The second kappa shape index (κ2) is 8.18. The minimum atomic E-state index is 0.255. The van der Waals surface area contributed by atoms with E-state index in [1.54, 1.807) is 0 Å². The van der Waals surface area contributed by atoms with Crippen molar-refractivity contribution < 1.29 is 4.74 Å². The Morgan fingerprint density at radius 1 is 1.21 bits per heavy atom. The first kappa shape index (κ1) is 16.0. The Kier molecular flexibility index (Phi) is 6.89. The number of hydrogen-bond donors (Lipinski definition) is 1. The van der Waals surface area contributed by atoms with Crippen LogP contribution in [0.4, 0.5) is 0 Å². The zero-order chi connectivity index (χ0) is 14.3. The Bertz CT molecular complexity index is 364. The van der Waals surface area contributed by atoms with Gasteiger partial charge in [-0.15, -0.1) is 0 Å². The molecule has 0 saturated carbocycles. The molecule has 19 heavy (non-hydrogen) atoms. The van der Waals surface area contributed by atoms with Crippen LogP contribution in [0.1, 0.15) is 45.2 Å². The largest absolute Gasteiger partial charge is 0.494 e. The van der Waals surface area contributed by atoms with Gasteiger partial charge in [0.15, 0.2) is 0 Å². The number of benzene rings is 1. The maximum absolute atomic E-state index is 5.99. The van der Waals surface area contributed by atoms with E-state index in [0.717, 1.165) is 18.6 Å². The molecule has 0 amide bonds. The van der Waals surface area contributed by atoms with Crippen LogP contribution in [-0.2, 0) is 0 Å². The van der Waals surface area contributed by atoms with Crippen LogP contribution in [0.5, 0.6) is 5.75 Å². The number of nitrogens with zero attached hydrogens (tertiary/aromatic N) is 1. The van der Waals surface area contributed by atoms with Crippen LogP contribution in [0.25, 0.3) is 0 Å². The van der Waals surface area contributed by atoms with Crippen LogP contribution in [0.15, 0.2) is 24.3 Å². The summed E-state index contributed by atoms with van der Waals surface area (Å²) in [5.41, 5.74) is 7.23. The quantitative estimate of drug-likeness (QED) is 0.783. The normalized spacial score (nSPS) is 13.0. The first-order chi connectivity index (χ1) is 9.17. The molecular formula is C16H28N2O. The number of likely N-dealkylation sites (N-methyl/N-ethyl adjacent to an activating group) is 1. The fourth-order valence-corrected chi connectivity index (χ4v) is 2.63. The molecule has 0 aliphatic rings. The average molecular weight is 264 g/mol. The molecule has 0 radical (unpaired) electrons. The monoisotopic (exact) mass is 264 g/mol. The average Bonchev–Trinajstić information content (AvgIpc) is 2.42. The molecule has 0 aromatic heterocycles. The predicted octanol–water partition coefficient (Wildman–Crippen LogP) is 3.21. The molecule has 0 heterocycles. The number of nitrogens with two attached hydrogens (primary N) is 1. The highest BCUT2D eigenvalue weighted by atomic mass is 16.5. The molecule has 3 heteroatoms. The Labute approximate surface area is 117 Å². The van der Waals surface area contributed by atoms with Crippen LogP contribution in [0.2, 0.25) is 0 Å². The van der Waals surface area contributed by atoms with Crippen LogP contribution in [-0.4, -0.2) is 31.1 Å². The first-order valence-electron chi connectivity index (χ1n) is 7.32. The fraction of sp³-hybridized carbons (Fsp3) is 0.625. The summed E-state index contributed by atoms with van der Waals surface area (Å²) in [6.45, 7) is 7.79. The summed E-state index contributed by atoms with van der Waals surface area (Å²) in [6, 6.07) is 9.12. The first-order valence-corrected chi connectivity index (χ1v) is 7.32. The molecule has 1 rings (SSSR count). The van der Waals surface area contributed by atoms with Gasteiger partial charge in [0.05, 0.1) is 6.61 Å². The molecule has 2 N–H and O–H groups in total. The highest BCUT2D eigenvalue weighted by Crippen LogP contribution is 2.25. The Morgan fingerprint density at radius 3 is 2.42 bits per heavy atom. The van der Waals surface area contributed by atoms with Gasteiger partial charge < -0.3 is 10.5 Å². The third-order valence-electron chi connectivity index (χ3n) is 3.79. The number of hydrogen-bond acceptors (Lipinski definition) is 3. The predicted molar refractivity (Wildman–Crippen MR) is 81.5 cm³/mol. The van der Waals surface area contributed by atoms with Crippen molar-refractivity contribution in [1.29, 1.82) is 0 Å². The van der Waals surface area contributed by atoms with Crippen molar-refractivity contribution >= 4 is 0 Å². The van der Waals surface area contributed by atoms with E-state index in [2.05, 4.69) is 37.9 Å². The minimum absolute atomic E-state index is 0.255. The summed E-state index contributed by atoms with van der Waals surface area (Å²) in [5, 5.41) is 0. The Hall–Kier alpha value is -1.06. The summed E-state index contributed by atoms with van der Waals surface area (Å²) in [7, 11) is 2.17. The van der Waals surface area contributed by atoms with Gasteiger partial charge in [0, 0.05) is 18.6 Å². The fourth-order valence-electron chi connectivity index (χ4n) is 2.63. The lowest BCUT2D eigenvalue weighted by Gasteiger charge is -2.34. The zero-order valence-electron chi connectivity index (χ0n) is 12.7. The van der Waals surface area contributed by atoms with Crippen molar-refractivity contribution in [2.24, 2.45) is 5.73 Å². The molecule has 0 aliphatic heterocycles. The van der Waals surface area contributed by atoms with E-state index in [0.29, 0.717) is 19.2 Å². The van der Waals surface area contributed by atoms with Crippen molar-refractivity contribution in [3.05, 3.63) is 29.8 Å². The van der Waals surface area contributed by atoms with Crippen molar-refractivity contribution in [2.45, 2.75) is 45.7 Å². The molecule has 1 unspecified atom stereocenters. The van der Waals surface area contributed by atoms with Gasteiger partial charge in [-0.25, -0.2) is 0 Å². The maximum atomic E-state index is 5.99. The second-order valence-electron chi connectivity index (χ2n) is 4.89. The molecule has 0 aliphatic carbocycles. The van der Waals surface area contributed by atoms with E-state index in [-0.39, 0.29) is 6.04 Å². The van der Waals surface area contributed by atoms with Crippen LogP contribution in [0, 0.1) is 0 Å². The van der Waals surface area contributed by atoms with Gasteiger partial charge in [-0.1, -0.05) is 26.0 Å². The van der Waals surface area contributed by atoms with Gasteiger partial charge in [0.25, 0.3) is 0 Å². The summed E-state index contributed by atoms with van der Waals surface area (Å²) in [5.74, 6) is 0.927. The van der Waals surface area contributed by atoms with Crippen molar-refractivity contribution in [1.82, 2.24) is 4.90 Å². The third-order valence-corrected chi connectivity index (χ3v) is 3.79. The van der Waals surface area contributed by atoms with Crippen LogP contribution < -0.4 is 10.5 Å². The molecule has 1 atom stereocenters. The smallest absolute Gasteiger partial charge is 0.119 e. The number of rotatable bonds is 8. The van der Waals surface area contributed by atoms with Gasteiger partial charge in [-0.3, -0.25) is 4.90 Å². The molecule has 1 aromatic carbocycles. The van der Waals surface area contributed by atoms with Crippen LogP contribution in [0.3, 0.4) is 0 Å². The third kappa shape index (κ3) is 4.22. The highest BCUT2D eigenvalue weighted by molar-refractivity contribution is 5.31. The molecule has 0 fully saturated rings. The van der Waals surface area contributed by atoms with Gasteiger partial charge in [0.2, 0.25) is 0 Å². The van der Waals surface area contributed by atoms with E-state index < -0.39 is 0 Å². The van der Waals surface area contributed by atoms with Crippen LogP contribution >= 0.6 is 0 Å². The summed E-state index contributed by atoms with van der Waals surface area (Å²) in [4.78, 5) is 2.39. The second-order valence-corrected chi connectivity index (χ2v) is 4.89. The van der Waals surface area contributed by atoms with Gasteiger partial charge in [-0.05, 0) is 44.5 Å². The summed E-state index contributed by atoms with van der Waals surface area (Å²) in [6.07, 6.45) is 2.29. The highest BCUT2D eigenvalue weighted by Gasteiger charge is 2.21. The van der Waals surface area contributed by atoms with E-state index >= 15 is 0 Å². The Balaban J connectivity index is 2.92. The molecule has 108 valence electrons. The number of ether oxygens (including phenoxy) is 1. The van der Waals surface area contributed by atoms with E-state index in [4.69, 9.17) is 10.5 Å². The maximum Gasteiger partial charge on any atom is 0.119 e. The Morgan fingerprint density at radius 2 is 1.89 bits per heavy atom. The van der Waals surface area contributed by atoms with E-state index in [1.165, 1.54) is 5.56 Å².